The van der Waals surface area contributed by atoms with Gasteiger partial charge in [-0.05, 0) is 12.5 Å². The third kappa shape index (κ3) is 6.42. The van der Waals surface area contributed by atoms with Crippen LogP contribution < -0.4 is 11.1 Å². The number of nitro benzene ring substituents is 1. The molecule has 0 saturated carbocycles. The average molecular weight is 337 g/mol. The largest absolute Gasteiger partial charge is 0.466 e. The van der Waals surface area contributed by atoms with Crippen LogP contribution in [0.1, 0.15) is 25.3 Å². The van der Waals surface area contributed by atoms with Crippen LogP contribution >= 0.6 is 0 Å². The molecule has 0 aromatic heterocycles. The number of carbonyl (C=O) groups excluding carboxylic acids is 3. The van der Waals surface area contributed by atoms with E-state index in [1.807, 2.05) is 0 Å². The van der Waals surface area contributed by atoms with Crippen LogP contribution in [-0.4, -0.2) is 35.4 Å². The molecule has 0 aliphatic rings. The minimum absolute atomic E-state index is 0.0761. The molecule has 2 amide bonds. The molecule has 0 aliphatic heterocycles. The molecule has 9 heteroatoms. The van der Waals surface area contributed by atoms with Gasteiger partial charge in [-0.15, -0.1) is 0 Å². The van der Waals surface area contributed by atoms with Gasteiger partial charge in [0.2, 0.25) is 11.8 Å². The molecule has 0 heterocycles. The molecule has 3 N–H and O–H groups in total. The van der Waals surface area contributed by atoms with Gasteiger partial charge in [-0.1, -0.05) is 12.1 Å². The van der Waals surface area contributed by atoms with Crippen molar-refractivity contribution in [2.75, 3.05) is 6.61 Å². The molecule has 130 valence electrons. The summed E-state index contributed by atoms with van der Waals surface area (Å²) >= 11 is 0. The van der Waals surface area contributed by atoms with Crippen molar-refractivity contribution < 1.29 is 24.0 Å². The van der Waals surface area contributed by atoms with E-state index in [4.69, 9.17) is 10.5 Å². The van der Waals surface area contributed by atoms with E-state index >= 15 is 0 Å². The molecule has 0 fully saturated rings. The third-order valence-corrected chi connectivity index (χ3v) is 3.13. The van der Waals surface area contributed by atoms with Gasteiger partial charge in [-0.25, -0.2) is 0 Å². The van der Waals surface area contributed by atoms with Crippen molar-refractivity contribution in [2.45, 2.75) is 32.2 Å². The Bertz CT molecular complexity index is 614. The van der Waals surface area contributed by atoms with Gasteiger partial charge in [0, 0.05) is 25.0 Å². The molecule has 1 aromatic carbocycles. The molecule has 1 rings (SSSR count). The number of hydrogen-bond acceptors (Lipinski definition) is 6. The van der Waals surface area contributed by atoms with Crippen LogP contribution in [0.15, 0.2) is 24.3 Å². The van der Waals surface area contributed by atoms with Gasteiger partial charge in [0.15, 0.2) is 0 Å². The Labute approximate surface area is 138 Å². The van der Waals surface area contributed by atoms with E-state index in [1.54, 1.807) is 6.92 Å². The Morgan fingerprint density at radius 2 is 1.88 bits per heavy atom. The number of rotatable bonds is 9. The monoisotopic (exact) mass is 337 g/mol. The Balaban J connectivity index is 2.60. The predicted octanol–water partition coefficient (Wildman–Crippen LogP) is 0.451. The van der Waals surface area contributed by atoms with Crippen molar-refractivity contribution in [1.82, 2.24) is 5.32 Å². The zero-order chi connectivity index (χ0) is 18.1. The first kappa shape index (κ1) is 19.1. The van der Waals surface area contributed by atoms with Crippen LogP contribution in [0.25, 0.3) is 0 Å². The van der Waals surface area contributed by atoms with Crippen molar-refractivity contribution in [3.8, 4) is 0 Å². The number of ether oxygens (including phenoxy) is 1. The zero-order valence-electron chi connectivity index (χ0n) is 13.2. The van der Waals surface area contributed by atoms with Crippen molar-refractivity contribution in [3.63, 3.8) is 0 Å². The molecule has 0 bridgehead atoms. The maximum absolute atomic E-state index is 11.8. The van der Waals surface area contributed by atoms with Gasteiger partial charge in [0.25, 0.3) is 5.69 Å². The number of carbonyl (C=O) groups is 3. The van der Waals surface area contributed by atoms with Gasteiger partial charge < -0.3 is 15.8 Å². The van der Waals surface area contributed by atoms with E-state index in [-0.39, 0.29) is 31.6 Å². The smallest absolute Gasteiger partial charge is 0.306 e. The molecule has 0 unspecified atom stereocenters. The average Bonchev–Trinajstić information content (AvgIpc) is 2.53. The second kappa shape index (κ2) is 9.23. The number of nitrogens with one attached hydrogen (secondary N) is 1. The van der Waals surface area contributed by atoms with Crippen LogP contribution in [0.4, 0.5) is 5.69 Å². The molecular formula is C15H19N3O6. The van der Waals surface area contributed by atoms with Gasteiger partial charge in [-0.3, -0.25) is 24.5 Å². The number of amides is 2. The molecule has 1 atom stereocenters. The maximum Gasteiger partial charge on any atom is 0.306 e. The lowest BCUT2D eigenvalue weighted by Gasteiger charge is -2.15. The fourth-order valence-electron chi connectivity index (χ4n) is 1.93. The molecule has 0 radical (unpaired) electrons. The minimum Gasteiger partial charge on any atom is -0.466 e. The highest BCUT2D eigenvalue weighted by atomic mass is 16.6. The van der Waals surface area contributed by atoms with E-state index in [0.29, 0.717) is 5.56 Å². The van der Waals surface area contributed by atoms with Gasteiger partial charge in [0.05, 0.1) is 18.0 Å². The van der Waals surface area contributed by atoms with Crippen LogP contribution in [0.5, 0.6) is 0 Å². The first-order chi connectivity index (χ1) is 11.3. The highest BCUT2D eigenvalue weighted by Crippen LogP contribution is 2.13. The van der Waals surface area contributed by atoms with Gasteiger partial charge >= 0.3 is 5.97 Å². The number of nitrogens with zero attached hydrogens (tertiary/aromatic N) is 1. The number of primary amides is 1. The fourth-order valence-corrected chi connectivity index (χ4v) is 1.93. The lowest BCUT2D eigenvalue weighted by Crippen LogP contribution is -2.45. The van der Waals surface area contributed by atoms with Crippen molar-refractivity contribution in [2.24, 2.45) is 5.73 Å². The Kier molecular flexibility index (Phi) is 7.34. The van der Waals surface area contributed by atoms with E-state index < -0.39 is 28.7 Å². The van der Waals surface area contributed by atoms with Crippen LogP contribution in [0.2, 0.25) is 0 Å². The SMILES string of the molecule is CCOC(=O)CCC(=O)N[C@@H](Cc1ccc([N+](=O)[O-])cc1)C(N)=O. The molecule has 0 saturated heterocycles. The van der Waals surface area contributed by atoms with E-state index in [9.17, 15) is 24.5 Å². The number of hydrogen-bond donors (Lipinski definition) is 2. The third-order valence-electron chi connectivity index (χ3n) is 3.13. The molecule has 24 heavy (non-hydrogen) atoms. The Hall–Kier alpha value is -2.97. The minimum atomic E-state index is -0.971. The highest BCUT2D eigenvalue weighted by molar-refractivity contribution is 5.88. The van der Waals surface area contributed by atoms with Crippen molar-refractivity contribution in [3.05, 3.63) is 39.9 Å². The van der Waals surface area contributed by atoms with Crippen molar-refractivity contribution in [1.29, 1.82) is 0 Å². The lowest BCUT2D eigenvalue weighted by molar-refractivity contribution is -0.384. The summed E-state index contributed by atoms with van der Waals surface area (Å²) < 4.78 is 4.71. The Morgan fingerprint density at radius 3 is 2.38 bits per heavy atom. The van der Waals surface area contributed by atoms with Gasteiger partial charge in [0.1, 0.15) is 6.04 Å². The van der Waals surface area contributed by atoms with Crippen LogP contribution in [0.3, 0.4) is 0 Å². The van der Waals surface area contributed by atoms with E-state index in [2.05, 4.69) is 5.32 Å². The summed E-state index contributed by atoms with van der Waals surface area (Å²) in [6, 6.07) is 4.60. The quantitative estimate of drug-likeness (QED) is 0.380. The summed E-state index contributed by atoms with van der Waals surface area (Å²) in [5, 5.41) is 13.0. The topological polar surface area (TPSA) is 142 Å². The summed E-state index contributed by atoms with van der Waals surface area (Å²) in [6.45, 7) is 1.88. The molecule has 9 nitrogen and oxygen atoms in total. The summed E-state index contributed by atoms with van der Waals surface area (Å²) in [5.74, 6) is -1.75. The lowest BCUT2D eigenvalue weighted by atomic mass is 10.0. The highest BCUT2D eigenvalue weighted by Gasteiger charge is 2.19. The maximum atomic E-state index is 11.8. The summed E-state index contributed by atoms with van der Waals surface area (Å²) in [6.07, 6.45) is -0.121. The zero-order valence-corrected chi connectivity index (χ0v) is 13.2. The second-order valence-corrected chi connectivity index (χ2v) is 4.96. The second-order valence-electron chi connectivity index (χ2n) is 4.96. The number of nitro groups is 1. The van der Waals surface area contributed by atoms with E-state index in [0.717, 1.165) is 0 Å². The predicted molar refractivity (Wildman–Crippen MR) is 83.8 cm³/mol. The fraction of sp³-hybridized carbons (Fsp3) is 0.400. The molecule has 1 aromatic rings. The van der Waals surface area contributed by atoms with Crippen LogP contribution in [0, 0.1) is 10.1 Å². The first-order valence-corrected chi connectivity index (χ1v) is 7.31. The number of nitrogens with two attached hydrogens (primary N) is 1. The number of esters is 1. The Morgan fingerprint density at radius 1 is 1.25 bits per heavy atom. The standard InChI is InChI=1S/C15H19N3O6/c1-2-24-14(20)8-7-13(19)17-12(15(16)21)9-10-3-5-11(6-4-10)18(22)23/h3-6,12H,2,7-9H2,1H3,(H2,16,21)(H,17,19)/t12-/m0/s1. The van der Waals surface area contributed by atoms with Crippen molar-refractivity contribution >= 4 is 23.5 Å². The normalized spacial score (nSPS) is 11.4. The van der Waals surface area contributed by atoms with Gasteiger partial charge in [-0.2, -0.15) is 0 Å². The summed E-state index contributed by atoms with van der Waals surface area (Å²) in [4.78, 5) is 44.5. The molecule has 0 aliphatic carbocycles. The summed E-state index contributed by atoms with van der Waals surface area (Å²) in [7, 11) is 0. The number of benzene rings is 1. The van der Waals surface area contributed by atoms with E-state index in [1.165, 1.54) is 24.3 Å². The molecule has 0 spiro atoms. The first-order valence-electron chi connectivity index (χ1n) is 7.31. The van der Waals surface area contributed by atoms with Crippen LogP contribution in [-0.2, 0) is 25.5 Å². The number of non-ortho nitro benzene ring substituents is 1. The molecular weight excluding hydrogens is 318 g/mol. The summed E-state index contributed by atoms with van der Waals surface area (Å²) in [5.41, 5.74) is 5.79.